The Bertz CT molecular complexity index is 456. The van der Waals surface area contributed by atoms with Gasteiger partial charge in [-0.25, -0.2) is 4.79 Å². The monoisotopic (exact) mass is 280 g/mol. The van der Waals surface area contributed by atoms with Crippen molar-refractivity contribution in [1.29, 1.82) is 5.26 Å². The smallest absolute Gasteiger partial charge is 0.315 e. The fourth-order valence-corrected chi connectivity index (χ4v) is 1.52. The maximum Gasteiger partial charge on any atom is 0.315 e. The van der Waals surface area contributed by atoms with E-state index in [0.717, 1.165) is 0 Å². The molecule has 8 nitrogen and oxygen atoms in total. The van der Waals surface area contributed by atoms with Gasteiger partial charge in [-0.1, -0.05) is 13.8 Å². The largest absolute Gasteiger partial charge is 0.369 e. The van der Waals surface area contributed by atoms with E-state index in [1.54, 1.807) is 13.8 Å². The van der Waals surface area contributed by atoms with Crippen molar-refractivity contribution in [3.8, 4) is 6.07 Å². The van der Waals surface area contributed by atoms with Crippen molar-refractivity contribution in [2.24, 2.45) is 11.1 Å². The van der Waals surface area contributed by atoms with Crippen LogP contribution >= 0.6 is 0 Å². The molecule has 1 rings (SSSR count). The molecule has 0 saturated carbocycles. The molecule has 4 amide bonds. The highest BCUT2D eigenvalue weighted by Crippen LogP contribution is 2.21. The minimum atomic E-state index is -1.20. The highest BCUT2D eigenvalue weighted by atomic mass is 16.2. The molecule has 1 aliphatic rings. The number of rotatable bonds is 5. The van der Waals surface area contributed by atoms with Crippen LogP contribution in [0.15, 0.2) is 0 Å². The molecule has 1 heterocycles. The molecule has 1 saturated heterocycles. The molecule has 109 valence electrons. The van der Waals surface area contributed by atoms with Crippen LogP contribution in [0.25, 0.3) is 0 Å². The lowest BCUT2D eigenvalue weighted by Gasteiger charge is -2.32. The van der Waals surface area contributed by atoms with Gasteiger partial charge in [-0.2, -0.15) is 5.26 Å². The van der Waals surface area contributed by atoms with E-state index >= 15 is 0 Å². The van der Waals surface area contributed by atoms with Crippen LogP contribution in [0.1, 0.15) is 20.3 Å². The van der Waals surface area contributed by atoms with E-state index in [0.29, 0.717) is 0 Å². The van der Waals surface area contributed by atoms with E-state index in [2.05, 4.69) is 16.0 Å². The van der Waals surface area contributed by atoms with Crippen LogP contribution in [-0.4, -0.2) is 36.5 Å². The minimum Gasteiger partial charge on any atom is -0.369 e. The molecule has 20 heavy (non-hydrogen) atoms. The lowest BCUT2D eigenvalue weighted by atomic mass is 9.87. The third kappa shape index (κ3) is 3.85. The first-order chi connectivity index (χ1) is 9.21. The Morgan fingerprint density at radius 1 is 1.50 bits per heavy atom. The number of nitriles is 1. The first-order valence-electron chi connectivity index (χ1n) is 6.09. The van der Waals surface area contributed by atoms with E-state index in [4.69, 9.17) is 11.0 Å². The molecule has 0 aromatic carbocycles. The summed E-state index contributed by atoms with van der Waals surface area (Å²) in [4.78, 5) is 33.9. The van der Waals surface area contributed by atoms with Crippen LogP contribution in [0, 0.1) is 23.2 Å². The number of urea groups is 1. The Kier molecular flexibility index (Phi) is 4.55. The molecule has 1 aliphatic heterocycles. The van der Waals surface area contributed by atoms with Crippen LogP contribution < -0.4 is 21.7 Å². The van der Waals surface area contributed by atoms with Crippen molar-refractivity contribution in [3.05, 3.63) is 6.42 Å². The van der Waals surface area contributed by atoms with Crippen LogP contribution in [0.5, 0.6) is 0 Å². The normalized spacial score (nSPS) is 17.4. The van der Waals surface area contributed by atoms with Crippen molar-refractivity contribution in [2.75, 3.05) is 13.1 Å². The fraction of sp³-hybridized carbons (Fsp3) is 0.583. The van der Waals surface area contributed by atoms with Crippen molar-refractivity contribution >= 4 is 17.8 Å². The first-order valence-corrected chi connectivity index (χ1v) is 6.09. The molecule has 5 N–H and O–H groups in total. The summed E-state index contributed by atoms with van der Waals surface area (Å²) in [5.41, 5.74) is 3.17. The number of nitrogens with zero attached hydrogens (tertiary/aromatic N) is 1. The second kappa shape index (κ2) is 5.77. The number of nitrogens with two attached hydrogens (primary N) is 1. The van der Waals surface area contributed by atoms with Gasteiger partial charge in [0.1, 0.15) is 0 Å². The molecule has 0 atom stereocenters. The van der Waals surface area contributed by atoms with E-state index in [-0.39, 0.29) is 25.5 Å². The zero-order valence-corrected chi connectivity index (χ0v) is 11.4. The molecule has 0 unspecified atom stereocenters. The lowest BCUT2D eigenvalue weighted by molar-refractivity contribution is -0.126. The summed E-state index contributed by atoms with van der Waals surface area (Å²) in [6.07, 6.45) is 1.44. The van der Waals surface area contributed by atoms with Crippen molar-refractivity contribution < 1.29 is 14.4 Å². The van der Waals surface area contributed by atoms with Gasteiger partial charge >= 0.3 is 6.03 Å². The molecule has 0 spiro atoms. The van der Waals surface area contributed by atoms with E-state index < -0.39 is 22.8 Å². The number of primary amides is 1. The van der Waals surface area contributed by atoms with Crippen molar-refractivity contribution in [1.82, 2.24) is 16.0 Å². The summed E-state index contributed by atoms with van der Waals surface area (Å²) < 4.78 is 0. The number of carbonyl (C=O) groups is 3. The van der Waals surface area contributed by atoms with Gasteiger partial charge in [0.15, 0.2) is 5.54 Å². The molecule has 1 fully saturated rings. The summed E-state index contributed by atoms with van der Waals surface area (Å²) in [6, 6.07) is 1.58. The molecule has 1 radical (unpaired) electrons. The van der Waals surface area contributed by atoms with Crippen LogP contribution in [0.2, 0.25) is 0 Å². The van der Waals surface area contributed by atoms with Crippen molar-refractivity contribution in [2.45, 2.75) is 25.8 Å². The summed E-state index contributed by atoms with van der Waals surface area (Å²) in [7, 11) is 0. The molecule has 0 aliphatic carbocycles. The summed E-state index contributed by atoms with van der Waals surface area (Å²) >= 11 is 0. The van der Waals surface area contributed by atoms with Crippen molar-refractivity contribution in [3.63, 3.8) is 0 Å². The molecular formula is C12H18N5O3. The Balaban J connectivity index is 2.55. The fourth-order valence-electron chi connectivity index (χ4n) is 1.52. The quantitative estimate of drug-likeness (QED) is 0.501. The van der Waals surface area contributed by atoms with Gasteiger partial charge in [0.05, 0.1) is 25.6 Å². The summed E-state index contributed by atoms with van der Waals surface area (Å²) in [5, 5.41) is 16.6. The molecule has 8 heteroatoms. The van der Waals surface area contributed by atoms with Crippen LogP contribution in [-0.2, 0) is 9.59 Å². The summed E-state index contributed by atoms with van der Waals surface area (Å²) in [6.45, 7) is 3.30. The van der Waals surface area contributed by atoms with E-state index in [1.165, 1.54) is 6.42 Å². The first kappa shape index (κ1) is 15.8. The van der Waals surface area contributed by atoms with Gasteiger partial charge in [-0.15, -0.1) is 0 Å². The standard InChI is InChI=1S/C12H18N5O3/c1-11(2,9(14)19)4-3-8(18)17-12(5-13)6-15-10(20)16-7-12/h3H,4,6-7H2,1-2H3,(H2,14,19)(H,17,18)(H2,15,16,20). The molecule has 0 bridgehead atoms. The van der Waals surface area contributed by atoms with Gasteiger partial charge in [0, 0.05) is 5.41 Å². The zero-order chi connectivity index (χ0) is 15.4. The predicted molar refractivity (Wildman–Crippen MR) is 69.8 cm³/mol. The second-order valence-corrected chi connectivity index (χ2v) is 5.38. The topological polar surface area (TPSA) is 137 Å². The highest BCUT2D eigenvalue weighted by Gasteiger charge is 2.36. The van der Waals surface area contributed by atoms with Gasteiger partial charge in [0.25, 0.3) is 0 Å². The number of hydrogen-bond donors (Lipinski definition) is 4. The Hall–Kier alpha value is -2.30. The molecular weight excluding hydrogens is 262 g/mol. The number of nitrogens with one attached hydrogen (secondary N) is 3. The minimum absolute atomic E-state index is 0.0220. The Labute approximate surface area is 117 Å². The Morgan fingerprint density at radius 2 is 2.05 bits per heavy atom. The second-order valence-electron chi connectivity index (χ2n) is 5.38. The van der Waals surface area contributed by atoms with Gasteiger partial charge in [-0.05, 0) is 6.42 Å². The number of amides is 4. The third-order valence-electron chi connectivity index (χ3n) is 3.14. The van der Waals surface area contributed by atoms with Gasteiger partial charge in [-0.3, -0.25) is 9.59 Å². The highest BCUT2D eigenvalue weighted by molar-refractivity contribution is 5.88. The van der Waals surface area contributed by atoms with Crippen LogP contribution in [0.4, 0.5) is 4.79 Å². The third-order valence-corrected chi connectivity index (χ3v) is 3.14. The Morgan fingerprint density at radius 3 is 2.50 bits per heavy atom. The zero-order valence-electron chi connectivity index (χ0n) is 11.4. The number of carbonyl (C=O) groups excluding carboxylic acids is 3. The van der Waals surface area contributed by atoms with E-state index in [1.807, 2.05) is 6.07 Å². The average molecular weight is 280 g/mol. The number of hydrogen-bond acceptors (Lipinski definition) is 4. The van der Waals surface area contributed by atoms with Crippen LogP contribution in [0.3, 0.4) is 0 Å². The van der Waals surface area contributed by atoms with Gasteiger partial charge in [0.2, 0.25) is 11.8 Å². The summed E-state index contributed by atoms with van der Waals surface area (Å²) in [5.74, 6) is -0.998. The van der Waals surface area contributed by atoms with Gasteiger partial charge < -0.3 is 21.7 Å². The molecule has 0 aromatic heterocycles. The predicted octanol–water partition coefficient (Wildman–Crippen LogP) is -1.22. The van der Waals surface area contributed by atoms with E-state index in [9.17, 15) is 14.4 Å². The maximum absolute atomic E-state index is 11.8. The lowest BCUT2D eigenvalue weighted by Crippen LogP contribution is -2.66. The SMILES string of the molecule is CC(C)(C[CH]C(=O)NC1(C#N)CNC(=O)NC1)C(N)=O. The maximum atomic E-state index is 11.8. The molecule has 0 aromatic rings. The average Bonchev–Trinajstić information content (AvgIpc) is 2.39.